The number of aliphatic hydroxyl groups is 1. The van der Waals surface area contributed by atoms with E-state index in [1.54, 1.807) is 0 Å². The van der Waals surface area contributed by atoms with Crippen molar-refractivity contribution in [3.63, 3.8) is 0 Å². The predicted molar refractivity (Wildman–Crippen MR) is 367 cm³/mol. The number of hydrogen-bond donors (Lipinski definition) is 3. The first-order chi connectivity index (χ1) is 43.6. The van der Waals surface area contributed by atoms with E-state index in [-0.39, 0.29) is 25.7 Å². The monoisotopic (exact) mass is 1340 g/mol. The van der Waals surface area contributed by atoms with Crippen LogP contribution in [0.2, 0.25) is 0 Å². The van der Waals surface area contributed by atoms with E-state index in [0.29, 0.717) is 25.7 Å². The Bertz CT molecular complexity index is 1800. The van der Waals surface area contributed by atoms with Crippen LogP contribution in [-0.2, 0) is 65.4 Å². The zero-order valence-corrected chi connectivity index (χ0v) is 61.3. The minimum atomic E-state index is -4.95. The van der Waals surface area contributed by atoms with Crippen molar-refractivity contribution in [3.8, 4) is 0 Å². The number of aliphatic hydroxyl groups excluding tert-OH is 1. The summed E-state index contributed by atoms with van der Waals surface area (Å²) >= 11 is 0. The molecule has 0 aromatic carbocycles. The number of ether oxygens (including phenoxy) is 4. The quantitative estimate of drug-likeness (QED) is 0.0222. The molecule has 6 atom stereocenters. The first kappa shape index (κ1) is 89.1. The van der Waals surface area contributed by atoms with Crippen molar-refractivity contribution in [2.24, 2.45) is 23.7 Å². The molecule has 0 amide bonds. The summed E-state index contributed by atoms with van der Waals surface area (Å²) in [6.45, 7) is 14.1. The van der Waals surface area contributed by atoms with E-state index in [2.05, 4.69) is 55.4 Å². The molecule has 0 bridgehead atoms. The molecule has 17 nitrogen and oxygen atoms in total. The Morgan fingerprint density at radius 2 is 0.527 bits per heavy atom. The van der Waals surface area contributed by atoms with Gasteiger partial charge in [-0.2, -0.15) is 0 Å². The molecule has 0 saturated heterocycles. The fraction of sp³-hybridized carbons (Fsp3) is 0.944. The summed E-state index contributed by atoms with van der Waals surface area (Å²) < 4.78 is 68.4. The van der Waals surface area contributed by atoms with Crippen LogP contribution in [0.1, 0.15) is 357 Å². The predicted octanol–water partition coefficient (Wildman–Crippen LogP) is 20.5. The smallest absolute Gasteiger partial charge is 0.462 e. The molecule has 0 heterocycles. The highest BCUT2D eigenvalue weighted by Crippen LogP contribution is 2.45. The number of carbonyl (C=O) groups is 4. The van der Waals surface area contributed by atoms with E-state index in [1.165, 1.54) is 161 Å². The summed E-state index contributed by atoms with van der Waals surface area (Å²) in [5.41, 5.74) is 0. The standard InChI is InChI=1S/C72H140O17P2/c1-9-65(8)51-43-35-27-18-12-15-19-28-36-44-52-69(74)82-58-67(88-71(76)54-46-38-30-20-13-10-16-24-32-40-48-62(2)3)60-86-90(78,79)84-56-66(73)57-85-91(80,81)87-61-68(59-83-70(75)53-45-37-29-23-22-26-34-42-50-64(6)7)89-72(77)55-47-39-31-21-14-11-17-25-33-41-49-63(4)5/h62-68,73H,9-61H2,1-8H3,(H,78,79)(H,80,81)/t65?,66?,67-,68-/m1/s1. The van der Waals surface area contributed by atoms with Crippen molar-refractivity contribution in [1.82, 2.24) is 0 Å². The van der Waals surface area contributed by atoms with Crippen molar-refractivity contribution in [2.45, 2.75) is 375 Å². The number of hydrogen-bond acceptors (Lipinski definition) is 15. The maximum atomic E-state index is 13.0. The van der Waals surface area contributed by atoms with Crippen LogP contribution in [0.3, 0.4) is 0 Å². The lowest BCUT2D eigenvalue weighted by atomic mass is 9.99. The topological polar surface area (TPSA) is 237 Å². The molecule has 0 fully saturated rings. The molecule has 3 N–H and O–H groups in total. The summed E-state index contributed by atoms with van der Waals surface area (Å²) in [6.07, 6.45) is 44.3. The zero-order chi connectivity index (χ0) is 67.5. The summed E-state index contributed by atoms with van der Waals surface area (Å²) in [5, 5.41) is 10.6. The van der Waals surface area contributed by atoms with E-state index in [4.69, 9.17) is 37.0 Å². The number of phosphoric acid groups is 2. The third-order valence-electron chi connectivity index (χ3n) is 16.9. The summed E-state index contributed by atoms with van der Waals surface area (Å²) in [7, 11) is -9.91. The Balaban J connectivity index is 5.27. The lowest BCUT2D eigenvalue weighted by Crippen LogP contribution is -2.30. The van der Waals surface area contributed by atoms with Crippen molar-refractivity contribution in [2.75, 3.05) is 39.6 Å². The number of esters is 4. The number of phosphoric ester groups is 2. The molecule has 0 spiro atoms. The maximum absolute atomic E-state index is 13.0. The lowest BCUT2D eigenvalue weighted by molar-refractivity contribution is -0.161. The van der Waals surface area contributed by atoms with Gasteiger partial charge in [-0.05, 0) is 49.4 Å². The van der Waals surface area contributed by atoms with Crippen LogP contribution < -0.4 is 0 Å². The highest BCUT2D eigenvalue weighted by Gasteiger charge is 2.30. The molecule has 0 radical (unpaired) electrons. The van der Waals surface area contributed by atoms with Crippen LogP contribution in [0.15, 0.2) is 0 Å². The molecule has 0 aliphatic carbocycles. The maximum Gasteiger partial charge on any atom is 0.472 e. The van der Waals surface area contributed by atoms with Gasteiger partial charge in [-0.1, -0.05) is 306 Å². The molecular weight excluding hydrogens is 1200 g/mol. The van der Waals surface area contributed by atoms with Gasteiger partial charge in [-0.15, -0.1) is 0 Å². The Morgan fingerprint density at radius 3 is 0.780 bits per heavy atom. The SMILES string of the molecule is CCC(C)CCCCCCCCCCCCC(=O)OC[C@H](COP(=O)(O)OCC(O)COP(=O)(O)OC[C@@H](COC(=O)CCCCCCCCCCC(C)C)OC(=O)CCCCCCCCCCCCC(C)C)OC(=O)CCCCCCCCCCCCC(C)C. The molecule has 4 unspecified atom stereocenters. The van der Waals surface area contributed by atoms with Gasteiger partial charge in [-0.25, -0.2) is 9.13 Å². The van der Waals surface area contributed by atoms with Gasteiger partial charge < -0.3 is 33.8 Å². The summed E-state index contributed by atoms with van der Waals surface area (Å²) in [5.74, 6) is 0.913. The van der Waals surface area contributed by atoms with E-state index < -0.39 is 97.5 Å². The van der Waals surface area contributed by atoms with Crippen molar-refractivity contribution in [3.05, 3.63) is 0 Å². The largest absolute Gasteiger partial charge is 0.472 e. The average Bonchev–Trinajstić information content (AvgIpc) is 3.12. The molecule has 0 aromatic heterocycles. The molecule has 0 aliphatic rings. The minimum absolute atomic E-state index is 0.105. The van der Waals surface area contributed by atoms with Crippen molar-refractivity contribution >= 4 is 39.5 Å². The Kier molecular flexibility index (Phi) is 60.3. The minimum Gasteiger partial charge on any atom is -0.462 e. The van der Waals surface area contributed by atoms with Gasteiger partial charge in [0.2, 0.25) is 0 Å². The van der Waals surface area contributed by atoms with Crippen LogP contribution in [-0.4, -0.2) is 96.7 Å². The normalized spacial score (nSPS) is 14.5. The molecule has 540 valence electrons. The number of rotatable bonds is 69. The average molecular weight is 1340 g/mol. The Hall–Kier alpha value is -1.94. The molecule has 0 aliphatic heterocycles. The zero-order valence-electron chi connectivity index (χ0n) is 59.5. The number of carbonyl (C=O) groups excluding carboxylic acids is 4. The highest BCUT2D eigenvalue weighted by atomic mass is 31.2. The lowest BCUT2D eigenvalue weighted by Gasteiger charge is -2.21. The molecule has 0 rings (SSSR count). The van der Waals surface area contributed by atoms with Gasteiger partial charge in [0.05, 0.1) is 26.4 Å². The van der Waals surface area contributed by atoms with Crippen molar-refractivity contribution < 1.29 is 80.2 Å². The van der Waals surface area contributed by atoms with Gasteiger partial charge in [0.25, 0.3) is 0 Å². The first-order valence-electron chi connectivity index (χ1n) is 37.2. The fourth-order valence-electron chi connectivity index (χ4n) is 10.8. The summed E-state index contributed by atoms with van der Waals surface area (Å²) in [4.78, 5) is 72.7. The van der Waals surface area contributed by atoms with Gasteiger partial charge in [0.1, 0.15) is 19.3 Å². The second kappa shape index (κ2) is 61.6. The van der Waals surface area contributed by atoms with Gasteiger partial charge in [0, 0.05) is 25.7 Å². The fourth-order valence-corrected chi connectivity index (χ4v) is 12.4. The number of unbranched alkanes of at least 4 members (excludes halogenated alkanes) is 34. The van der Waals surface area contributed by atoms with E-state index in [9.17, 15) is 43.2 Å². The molecule has 0 saturated carbocycles. The summed E-state index contributed by atoms with van der Waals surface area (Å²) in [6, 6.07) is 0. The van der Waals surface area contributed by atoms with Gasteiger partial charge >= 0.3 is 39.5 Å². The Labute approximate surface area is 556 Å². The van der Waals surface area contributed by atoms with Crippen molar-refractivity contribution in [1.29, 1.82) is 0 Å². The molecular formula is C72H140O17P2. The molecule has 91 heavy (non-hydrogen) atoms. The third kappa shape index (κ3) is 65.1. The molecule has 19 heteroatoms. The van der Waals surface area contributed by atoms with E-state index in [0.717, 1.165) is 114 Å². The van der Waals surface area contributed by atoms with Gasteiger partial charge in [0.15, 0.2) is 12.2 Å². The first-order valence-corrected chi connectivity index (χ1v) is 40.2. The second-order valence-electron chi connectivity index (χ2n) is 27.6. The van der Waals surface area contributed by atoms with Crippen LogP contribution >= 0.6 is 15.6 Å². The van der Waals surface area contributed by atoms with Crippen LogP contribution in [0.4, 0.5) is 0 Å². The third-order valence-corrected chi connectivity index (χ3v) is 18.8. The van der Waals surface area contributed by atoms with E-state index in [1.807, 2.05) is 0 Å². The van der Waals surface area contributed by atoms with Crippen LogP contribution in [0, 0.1) is 23.7 Å². The van der Waals surface area contributed by atoms with Crippen LogP contribution in [0.25, 0.3) is 0 Å². The molecule has 0 aromatic rings. The highest BCUT2D eigenvalue weighted by molar-refractivity contribution is 7.47. The van der Waals surface area contributed by atoms with E-state index >= 15 is 0 Å². The Morgan fingerprint density at radius 1 is 0.308 bits per heavy atom. The van der Waals surface area contributed by atoms with Crippen LogP contribution in [0.5, 0.6) is 0 Å². The van der Waals surface area contributed by atoms with Gasteiger partial charge in [-0.3, -0.25) is 37.3 Å². The second-order valence-corrected chi connectivity index (χ2v) is 30.6.